The Labute approximate surface area is 397 Å². The Hall–Kier alpha value is -2.21. The number of carbonyl (C=O) groups excluding carboxylic acids is 4. The molecular formula is C46H83N3O16S. The third-order valence-corrected chi connectivity index (χ3v) is 14.3. The second kappa shape index (κ2) is 24.1. The molecule has 3 saturated heterocycles. The van der Waals surface area contributed by atoms with Gasteiger partial charge in [-0.2, -0.15) is 12.6 Å². The summed E-state index contributed by atoms with van der Waals surface area (Å²) in [6.45, 7) is 20.0. The van der Waals surface area contributed by atoms with E-state index in [1.807, 2.05) is 37.7 Å². The van der Waals surface area contributed by atoms with E-state index >= 15 is 0 Å². The van der Waals surface area contributed by atoms with Crippen molar-refractivity contribution in [2.24, 2.45) is 17.8 Å². The van der Waals surface area contributed by atoms with Gasteiger partial charge in [-0.3, -0.25) is 9.59 Å². The van der Waals surface area contributed by atoms with Crippen molar-refractivity contribution in [2.45, 2.75) is 211 Å². The molecule has 0 bridgehead atoms. The van der Waals surface area contributed by atoms with Crippen molar-refractivity contribution in [1.82, 2.24) is 15.1 Å². The Kier molecular flexibility index (Phi) is 21.2. The number of nitrogens with one attached hydrogen (secondary N) is 1. The van der Waals surface area contributed by atoms with Gasteiger partial charge in [-0.05, 0) is 102 Å². The van der Waals surface area contributed by atoms with Gasteiger partial charge in [-0.15, -0.1) is 0 Å². The number of amides is 1. The Morgan fingerprint density at radius 1 is 0.970 bits per heavy atom. The van der Waals surface area contributed by atoms with Gasteiger partial charge in [-0.25, -0.2) is 9.59 Å². The highest BCUT2D eigenvalue weighted by molar-refractivity contribution is 7.80. The summed E-state index contributed by atoms with van der Waals surface area (Å²) >= 11 is 4.14. The molecule has 0 saturated carbocycles. The van der Waals surface area contributed by atoms with Crippen LogP contribution in [0.25, 0.3) is 0 Å². The van der Waals surface area contributed by atoms with Gasteiger partial charge in [0.25, 0.3) is 0 Å². The molecule has 0 spiro atoms. The van der Waals surface area contributed by atoms with E-state index in [1.54, 1.807) is 55.5 Å². The van der Waals surface area contributed by atoms with Gasteiger partial charge in [-0.1, -0.05) is 20.8 Å². The molecule has 3 aliphatic heterocycles. The number of aliphatic hydroxyl groups is 4. The van der Waals surface area contributed by atoms with Crippen LogP contribution in [0.4, 0.5) is 0 Å². The number of hydrogen-bond donors (Lipinski definition) is 6. The molecule has 0 radical (unpaired) electrons. The highest BCUT2D eigenvalue weighted by Crippen LogP contribution is 2.40. The van der Waals surface area contributed by atoms with E-state index in [-0.39, 0.29) is 30.9 Å². The van der Waals surface area contributed by atoms with E-state index in [9.17, 15) is 39.6 Å². The minimum Gasteiger partial charge on any atom is -0.459 e. The lowest BCUT2D eigenvalue weighted by Gasteiger charge is -2.49. The van der Waals surface area contributed by atoms with Gasteiger partial charge in [0.15, 0.2) is 24.8 Å². The fourth-order valence-electron chi connectivity index (χ4n) is 9.81. The maximum Gasteiger partial charge on any atom is 0.347 e. The number of hydrogen-bond acceptors (Lipinski definition) is 19. The van der Waals surface area contributed by atoms with E-state index < -0.39 is 138 Å². The first kappa shape index (κ1) is 58.1. The molecule has 19 nitrogen and oxygen atoms in total. The maximum atomic E-state index is 14.5. The van der Waals surface area contributed by atoms with E-state index in [1.165, 1.54) is 27.9 Å². The van der Waals surface area contributed by atoms with Crippen molar-refractivity contribution in [3.05, 3.63) is 0 Å². The minimum absolute atomic E-state index is 0.0513. The van der Waals surface area contributed by atoms with E-state index in [4.69, 9.17) is 37.9 Å². The molecule has 3 heterocycles. The molecule has 3 fully saturated rings. The average Bonchev–Trinajstić information content (AvgIpc) is 3.23. The molecule has 66 heavy (non-hydrogen) atoms. The number of carbonyl (C=O) groups is 4. The van der Waals surface area contributed by atoms with Crippen LogP contribution in [0.3, 0.4) is 0 Å². The number of cyclic esters (lactones) is 1. The third kappa shape index (κ3) is 14.2. The zero-order valence-corrected chi connectivity index (χ0v) is 43.0. The van der Waals surface area contributed by atoms with Crippen molar-refractivity contribution in [3.8, 4) is 0 Å². The van der Waals surface area contributed by atoms with Crippen molar-refractivity contribution in [1.29, 1.82) is 0 Å². The van der Waals surface area contributed by atoms with Crippen LogP contribution in [-0.4, -0.2) is 197 Å². The number of nitrogens with zero attached hydrogens (tertiary/aromatic N) is 2. The second-order valence-electron chi connectivity index (χ2n) is 20.1. The van der Waals surface area contributed by atoms with Crippen LogP contribution in [0.15, 0.2) is 0 Å². The first-order valence-corrected chi connectivity index (χ1v) is 23.9. The number of likely N-dealkylation sites (N-methyl/N-ethyl adjacent to an activating group) is 2. The minimum atomic E-state index is -1.88. The van der Waals surface area contributed by atoms with Crippen LogP contribution in [0.1, 0.15) is 109 Å². The smallest absolute Gasteiger partial charge is 0.347 e. The topological polar surface area (TPSA) is 242 Å². The van der Waals surface area contributed by atoms with Crippen LogP contribution in [0.2, 0.25) is 0 Å². The molecule has 3 rings (SSSR count). The Bertz CT molecular complexity index is 1610. The summed E-state index contributed by atoms with van der Waals surface area (Å²) in [6.07, 6.45) is -11.4. The fourth-order valence-corrected chi connectivity index (χ4v) is 10.0. The molecule has 0 unspecified atom stereocenters. The molecule has 5 N–H and O–H groups in total. The summed E-state index contributed by atoms with van der Waals surface area (Å²) in [6, 6.07) is -2.24. The lowest BCUT2D eigenvalue weighted by atomic mass is 9.77. The summed E-state index contributed by atoms with van der Waals surface area (Å²) in [5.74, 6) is -5.45. The van der Waals surface area contributed by atoms with Crippen LogP contribution in [0.5, 0.6) is 0 Å². The molecule has 3 aliphatic rings. The number of methoxy groups -OCH3 is 1. The lowest BCUT2D eigenvalue weighted by Crippen LogP contribution is -2.61. The molecular weight excluding hydrogens is 883 g/mol. The Morgan fingerprint density at radius 2 is 1.59 bits per heavy atom. The number of esters is 3. The van der Waals surface area contributed by atoms with Gasteiger partial charge in [0.2, 0.25) is 5.91 Å². The molecule has 0 aromatic heterocycles. The van der Waals surface area contributed by atoms with E-state index in [0.717, 1.165) is 0 Å². The van der Waals surface area contributed by atoms with E-state index in [2.05, 4.69) is 17.9 Å². The van der Waals surface area contributed by atoms with Gasteiger partial charge in [0, 0.05) is 44.7 Å². The predicted octanol–water partition coefficient (Wildman–Crippen LogP) is 1.82. The highest BCUT2D eigenvalue weighted by atomic mass is 32.1. The molecule has 0 aromatic carbocycles. The monoisotopic (exact) mass is 966 g/mol. The third-order valence-electron chi connectivity index (χ3n) is 13.9. The van der Waals surface area contributed by atoms with Crippen LogP contribution >= 0.6 is 12.6 Å². The molecule has 20 heteroatoms. The molecule has 0 aromatic rings. The summed E-state index contributed by atoms with van der Waals surface area (Å²) in [7, 11) is 6.89. The summed E-state index contributed by atoms with van der Waals surface area (Å²) < 4.78 is 49.9. The molecule has 1 amide bonds. The van der Waals surface area contributed by atoms with Gasteiger partial charge in [0.05, 0.1) is 47.6 Å². The summed E-state index contributed by atoms with van der Waals surface area (Å²) in [5, 5.41) is 49.9. The Morgan fingerprint density at radius 3 is 2.14 bits per heavy atom. The number of rotatable bonds is 13. The number of ether oxygens (including phenoxy) is 8. The first-order chi connectivity index (χ1) is 30.4. The number of thiol groups is 1. The standard InChI is InChI=1S/C46H83N3O16S/c1-17-33-46(12,57)37(51)27(6)49(15)21-23(2)19-44(10,56)39(25(4)35(26(5)40(53)62-33)63-34-20-45(11,58-16)38(52)28(7)60-34)65-43-36(32(48(13)14)18-24(3)59-43)64-41(54)29(8)61-42(55)31(22-66)47-30(9)50/h23-29,31-39,43,51-52,56-57,66H,17-22H2,1-16H3,(H,47,50)/t23-,24-,25+,26-,27-,28+,29+,31-,32+,33-,34+,35+,36-,37-,38+,39-,43+,44-,45-,46-/m1/s1. The van der Waals surface area contributed by atoms with E-state index in [0.29, 0.717) is 13.0 Å². The molecule has 0 aliphatic carbocycles. The van der Waals surface area contributed by atoms with Crippen molar-refractivity contribution >= 4 is 36.4 Å². The van der Waals surface area contributed by atoms with Crippen molar-refractivity contribution in [2.75, 3.05) is 40.6 Å². The predicted molar refractivity (Wildman–Crippen MR) is 245 cm³/mol. The fraction of sp³-hybridized carbons (Fsp3) is 0.913. The molecule has 20 atom stereocenters. The van der Waals surface area contributed by atoms with Crippen molar-refractivity contribution in [3.63, 3.8) is 0 Å². The van der Waals surface area contributed by atoms with Gasteiger partial charge < -0.3 is 73.4 Å². The van der Waals surface area contributed by atoms with Crippen LogP contribution in [0, 0.1) is 17.8 Å². The normalized spacial score (nSPS) is 42.3. The SMILES string of the molecule is CC[C@H]1OC(=O)[C@H](C)[C@@H](O[C@H]2C[C@@](C)(OC)[C@@H](O)[C@H](C)O2)[C@H](C)[C@@H](O[C@@H]2O[C@H](C)C[C@H](N(C)C)[C@H]2OC(=O)[C@H](C)OC(=O)[C@@H](CS)NC(C)=O)[C@](C)(O)C[C@@H](C)CN(C)[C@H](C)[C@@H](O)[C@]1(C)O. The lowest BCUT2D eigenvalue weighted by molar-refractivity contribution is -0.319. The molecule has 384 valence electrons. The Balaban J connectivity index is 2.21. The zero-order valence-electron chi connectivity index (χ0n) is 42.1. The van der Waals surface area contributed by atoms with Crippen LogP contribution < -0.4 is 5.32 Å². The quantitative estimate of drug-likeness (QED) is 0.0877. The second-order valence-corrected chi connectivity index (χ2v) is 20.5. The highest BCUT2D eigenvalue weighted by Gasteiger charge is 2.53. The van der Waals surface area contributed by atoms with Gasteiger partial charge in [0.1, 0.15) is 30.0 Å². The maximum absolute atomic E-state index is 14.5. The zero-order chi connectivity index (χ0) is 50.4. The first-order valence-electron chi connectivity index (χ1n) is 23.3. The van der Waals surface area contributed by atoms with Gasteiger partial charge >= 0.3 is 17.9 Å². The summed E-state index contributed by atoms with van der Waals surface area (Å²) in [4.78, 5) is 56.8. The van der Waals surface area contributed by atoms with Crippen molar-refractivity contribution < 1.29 is 77.5 Å². The average molecular weight is 966 g/mol. The largest absolute Gasteiger partial charge is 0.459 e. The van der Waals surface area contributed by atoms with Crippen LogP contribution in [-0.2, 0) is 57.1 Å². The summed E-state index contributed by atoms with van der Waals surface area (Å²) in [5.41, 5.74) is -4.72. The number of aliphatic hydroxyl groups excluding tert-OH is 2.